The SMILES string of the molecule is N#C/N=c1\c2cc(OC(F)(F)F)ccc2c2c1ccc1c3ccc(OC(F)(F)F)cc3/c(=N\C#N)c12. The highest BCUT2D eigenvalue weighted by Gasteiger charge is 2.32. The van der Waals surface area contributed by atoms with Crippen LogP contribution in [0.3, 0.4) is 0 Å². The molecule has 0 amide bonds. The Kier molecular flexibility index (Phi) is 5.00. The van der Waals surface area contributed by atoms with Gasteiger partial charge in [0, 0.05) is 26.9 Å². The average Bonchev–Trinajstić information content (AvgIpc) is 3.25. The van der Waals surface area contributed by atoms with E-state index in [2.05, 4.69) is 19.5 Å². The molecule has 0 bridgehead atoms. The van der Waals surface area contributed by atoms with E-state index in [1.54, 1.807) is 24.5 Å². The standard InChI is InChI=1S/C24H8F6N4O2/c25-23(26,27)35-11-1-3-13-14-5-6-16-19(20(14)22(34-10-32)17(13)7-11)15-4-2-12(36-24(28,29)30)8-18(15)21(16)33-9-31/h1-8H/b33-21-,34-22+. The number of hydrogen-bond donors (Lipinski definition) is 0. The van der Waals surface area contributed by atoms with Crippen LogP contribution < -0.4 is 20.2 Å². The highest BCUT2D eigenvalue weighted by atomic mass is 19.4. The molecule has 0 saturated heterocycles. The van der Waals surface area contributed by atoms with E-state index in [-0.39, 0.29) is 21.5 Å². The summed E-state index contributed by atoms with van der Waals surface area (Å²) in [4.78, 5) is 7.62. The number of benzene rings is 3. The van der Waals surface area contributed by atoms with Crippen molar-refractivity contribution >= 4 is 43.1 Å². The second-order valence-corrected chi connectivity index (χ2v) is 7.54. The molecule has 5 aromatic rings. The van der Waals surface area contributed by atoms with E-state index in [4.69, 9.17) is 0 Å². The fraction of sp³-hybridized carbons (Fsp3) is 0.0833. The fourth-order valence-corrected chi connectivity index (χ4v) is 4.45. The first-order valence-electron chi connectivity index (χ1n) is 9.93. The molecule has 5 rings (SSSR count). The summed E-state index contributed by atoms with van der Waals surface area (Å²) in [6.07, 6.45) is -6.61. The molecule has 0 atom stereocenters. The largest absolute Gasteiger partial charge is 0.573 e. The van der Waals surface area contributed by atoms with E-state index in [9.17, 15) is 36.9 Å². The van der Waals surface area contributed by atoms with Crippen molar-refractivity contribution in [1.82, 2.24) is 0 Å². The number of rotatable bonds is 2. The summed E-state index contributed by atoms with van der Waals surface area (Å²) in [7, 11) is 0. The normalized spacial score (nSPS) is 13.6. The van der Waals surface area contributed by atoms with E-state index in [1.807, 2.05) is 0 Å². The van der Waals surface area contributed by atoms with Crippen LogP contribution in [0.1, 0.15) is 0 Å². The van der Waals surface area contributed by atoms with Crippen LogP contribution in [-0.2, 0) is 0 Å². The van der Waals surface area contributed by atoms with Gasteiger partial charge in [0.05, 0.1) is 10.7 Å². The Balaban J connectivity index is 1.95. The molecule has 0 heterocycles. The van der Waals surface area contributed by atoms with Crippen molar-refractivity contribution in [2.45, 2.75) is 12.7 Å². The van der Waals surface area contributed by atoms with E-state index < -0.39 is 24.2 Å². The number of nitriles is 2. The molecule has 36 heavy (non-hydrogen) atoms. The van der Waals surface area contributed by atoms with Crippen molar-refractivity contribution in [3.05, 3.63) is 59.2 Å². The van der Waals surface area contributed by atoms with Gasteiger partial charge in [0.15, 0.2) is 0 Å². The zero-order valence-corrected chi connectivity index (χ0v) is 17.5. The first kappa shape index (κ1) is 22.9. The van der Waals surface area contributed by atoms with Crippen molar-refractivity contribution in [2.75, 3.05) is 0 Å². The molecule has 0 radical (unpaired) electrons. The van der Waals surface area contributed by atoms with Crippen LogP contribution in [0.15, 0.2) is 58.5 Å². The Morgan fingerprint density at radius 1 is 0.556 bits per heavy atom. The van der Waals surface area contributed by atoms with E-state index >= 15 is 0 Å². The Labute approximate surface area is 195 Å². The highest BCUT2D eigenvalue weighted by Crippen LogP contribution is 2.37. The van der Waals surface area contributed by atoms with Crippen molar-refractivity contribution in [3.8, 4) is 23.9 Å². The summed E-state index contributed by atoms with van der Waals surface area (Å²) in [6, 6.07) is 10.3. The van der Waals surface area contributed by atoms with E-state index in [1.165, 1.54) is 12.1 Å². The second-order valence-electron chi connectivity index (χ2n) is 7.54. The molecule has 0 aliphatic heterocycles. The summed E-state index contributed by atoms with van der Waals surface area (Å²) >= 11 is 0. The lowest BCUT2D eigenvalue weighted by atomic mass is 10.1. The van der Waals surface area contributed by atoms with Crippen LogP contribution in [0, 0.1) is 22.9 Å². The monoisotopic (exact) mass is 498 g/mol. The Morgan fingerprint density at radius 3 is 1.56 bits per heavy atom. The van der Waals surface area contributed by atoms with Gasteiger partial charge < -0.3 is 9.47 Å². The maximum Gasteiger partial charge on any atom is 0.573 e. The van der Waals surface area contributed by atoms with Gasteiger partial charge in [0.1, 0.15) is 11.5 Å². The summed E-state index contributed by atoms with van der Waals surface area (Å²) in [6.45, 7) is 0. The minimum Gasteiger partial charge on any atom is -0.406 e. The van der Waals surface area contributed by atoms with Crippen molar-refractivity contribution in [2.24, 2.45) is 9.98 Å². The lowest BCUT2D eigenvalue weighted by molar-refractivity contribution is -0.275. The van der Waals surface area contributed by atoms with Crippen molar-refractivity contribution < 1.29 is 35.8 Å². The number of halogens is 6. The summed E-state index contributed by atoms with van der Waals surface area (Å²) in [5, 5.41) is 21.6. The van der Waals surface area contributed by atoms with E-state index in [0.717, 1.165) is 24.3 Å². The molecule has 0 aromatic heterocycles. The minimum atomic E-state index is -4.95. The molecule has 0 N–H and O–H groups in total. The molecule has 5 aromatic carbocycles. The predicted molar refractivity (Wildman–Crippen MR) is 115 cm³/mol. The fourth-order valence-electron chi connectivity index (χ4n) is 4.45. The van der Waals surface area contributed by atoms with Crippen LogP contribution in [0.25, 0.3) is 43.1 Å². The molecule has 12 heteroatoms. The van der Waals surface area contributed by atoms with Crippen molar-refractivity contribution in [1.29, 1.82) is 10.5 Å². The Hall–Kier alpha value is -4.84. The number of nitrogens with zero attached hydrogens (tertiary/aromatic N) is 4. The molecule has 0 fully saturated rings. The predicted octanol–water partition coefficient (Wildman–Crippen LogP) is 5.74. The van der Waals surface area contributed by atoms with Gasteiger partial charge in [-0.1, -0.05) is 12.1 Å². The van der Waals surface area contributed by atoms with Gasteiger partial charge >= 0.3 is 12.7 Å². The molecule has 0 aliphatic carbocycles. The van der Waals surface area contributed by atoms with Crippen LogP contribution >= 0.6 is 0 Å². The number of alkyl halides is 6. The maximum absolute atomic E-state index is 12.8. The maximum atomic E-state index is 12.8. The number of fused-ring (bicyclic) bond motifs is 7. The smallest absolute Gasteiger partial charge is 0.406 e. The zero-order valence-electron chi connectivity index (χ0n) is 17.5. The van der Waals surface area contributed by atoms with Crippen LogP contribution in [-0.4, -0.2) is 12.7 Å². The Morgan fingerprint density at radius 2 is 1.00 bits per heavy atom. The molecule has 0 unspecified atom stereocenters. The number of hydrogen-bond acceptors (Lipinski definition) is 6. The molecular formula is C24H8F6N4O2. The van der Waals surface area contributed by atoms with Crippen molar-refractivity contribution in [3.63, 3.8) is 0 Å². The van der Waals surface area contributed by atoms with Gasteiger partial charge in [-0.05, 0) is 52.6 Å². The number of ether oxygens (including phenoxy) is 2. The van der Waals surface area contributed by atoms with Gasteiger partial charge in [0.2, 0.25) is 12.4 Å². The lowest BCUT2D eigenvalue weighted by Gasteiger charge is -2.08. The summed E-state index contributed by atoms with van der Waals surface area (Å²) in [5.41, 5.74) is 0. The lowest BCUT2D eigenvalue weighted by Crippen LogP contribution is -2.17. The first-order chi connectivity index (χ1) is 17.0. The van der Waals surface area contributed by atoms with Crippen LogP contribution in [0.5, 0.6) is 11.5 Å². The third kappa shape index (κ3) is 3.79. The van der Waals surface area contributed by atoms with Crippen LogP contribution in [0.2, 0.25) is 0 Å². The Bertz CT molecular complexity index is 1900. The second kappa shape index (κ2) is 7.85. The quantitative estimate of drug-likeness (QED) is 0.229. The first-order valence-corrected chi connectivity index (χ1v) is 9.93. The highest BCUT2D eigenvalue weighted by molar-refractivity contribution is 6.28. The molecule has 0 aliphatic rings. The van der Waals surface area contributed by atoms with Gasteiger partial charge in [-0.2, -0.15) is 20.5 Å². The van der Waals surface area contributed by atoms with Gasteiger partial charge in [-0.25, -0.2) is 0 Å². The third-order valence-electron chi connectivity index (χ3n) is 5.54. The van der Waals surface area contributed by atoms with Gasteiger partial charge in [-0.3, -0.25) is 0 Å². The molecule has 6 nitrogen and oxygen atoms in total. The molecule has 0 spiro atoms. The average molecular weight is 498 g/mol. The van der Waals surface area contributed by atoms with E-state index in [0.29, 0.717) is 32.3 Å². The zero-order chi connectivity index (χ0) is 25.8. The molecule has 0 saturated carbocycles. The van der Waals surface area contributed by atoms with Crippen LogP contribution in [0.4, 0.5) is 26.3 Å². The van der Waals surface area contributed by atoms with Gasteiger partial charge in [0.25, 0.3) is 0 Å². The molecule has 178 valence electrons. The molecular weight excluding hydrogens is 490 g/mol. The minimum absolute atomic E-state index is 0.0479. The summed E-state index contributed by atoms with van der Waals surface area (Å²) in [5.74, 6) is -1.04. The third-order valence-corrected chi connectivity index (χ3v) is 5.54. The van der Waals surface area contributed by atoms with Gasteiger partial charge in [-0.15, -0.1) is 26.3 Å². The topological polar surface area (TPSA) is 90.8 Å². The summed E-state index contributed by atoms with van der Waals surface area (Å²) < 4.78 is 84.6.